The van der Waals surface area contributed by atoms with Crippen molar-refractivity contribution in [3.05, 3.63) is 28.8 Å². The maximum absolute atomic E-state index is 12.3. The average molecular weight is 310 g/mol. The van der Waals surface area contributed by atoms with Gasteiger partial charge in [0, 0.05) is 0 Å². The zero-order chi connectivity index (χ0) is 14.6. The molecule has 0 spiro atoms. The van der Waals surface area contributed by atoms with Crippen LogP contribution in [0.1, 0.15) is 26.3 Å². The fourth-order valence-corrected chi connectivity index (χ4v) is 1.83. The fourth-order valence-electron chi connectivity index (χ4n) is 1.10. The van der Waals surface area contributed by atoms with Crippen LogP contribution in [-0.2, 0) is 11.0 Å². The van der Waals surface area contributed by atoms with Crippen LogP contribution >= 0.6 is 11.6 Å². The lowest BCUT2D eigenvalue weighted by atomic mass is 10.2. The molecule has 0 N–H and O–H groups in total. The van der Waals surface area contributed by atoms with E-state index in [4.69, 9.17) is 11.6 Å². The van der Waals surface area contributed by atoms with E-state index < -0.39 is 22.3 Å². The van der Waals surface area contributed by atoms with E-state index in [9.17, 15) is 13.0 Å². The predicted molar refractivity (Wildman–Crippen MR) is 73.6 cm³/mol. The van der Waals surface area contributed by atoms with E-state index in [1.807, 2.05) is 0 Å². The van der Waals surface area contributed by atoms with Crippen molar-refractivity contribution in [2.45, 2.75) is 32.1 Å². The third-order valence-corrected chi connectivity index (χ3v) is 3.70. The lowest BCUT2D eigenvalue weighted by molar-refractivity contribution is -0.0499. The highest BCUT2D eigenvalue weighted by molar-refractivity contribution is 7.85. The molecule has 0 aliphatic rings. The van der Waals surface area contributed by atoms with Crippen LogP contribution in [0.15, 0.2) is 22.6 Å². The van der Waals surface area contributed by atoms with E-state index in [0.717, 1.165) is 0 Å². The summed E-state index contributed by atoms with van der Waals surface area (Å²) in [5.41, 5.74) is 0.182. The standard InChI is InChI=1S/C12H14ClF2NO2S/c1-12(2,3)19(17)16-7-8-9(13)5-4-6-10(8)18-11(14)15/h4-7,11H,1-3H3/b16-7+. The van der Waals surface area contributed by atoms with Crippen molar-refractivity contribution in [1.29, 1.82) is 0 Å². The van der Waals surface area contributed by atoms with E-state index in [0.29, 0.717) is 0 Å². The van der Waals surface area contributed by atoms with E-state index >= 15 is 0 Å². The summed E-state index contributed by atoms with van der Waals surface area (Å²) in [6, 6.07) is 4.35. The molecule has 0 bridgehead atoms. The van der Waals surface area contributed by atoms with Crippen LogP contribution < -0.4 is 4.74 Å². The second-order valence-electron chi connectivity index (χ2n) is 4.63. The molecule has 0 fully saturated rings. The molecule has 0 aliphatic heterocycles. The SMILES string of the molecule is CC(C)(C)S(=O)/N=C/c1c(Cl)cccc1OC(F)F. The van der Waals surface area contributed by atoms with Gasteiger partial charge in [-0.25, -0.2) is 4.21 Å². The van der Waals surface area contributed by atoms with Gasteiger partial charge in [0.05, 0.1) is 21.5 Å². The van der Waals surface area contributed by atoms with Gasteiger partial charge in [-0.15, -0.1) is 0 Å². The van der Waals surface area contributed by atoms with Gasteiger partial charge in [-0.05, 0) is 32.9 Å². The highest BCUT2D eigenvalue weighted by Gasteiger charge is 2.19. The zero-order valence-electron chi connectivity index (χ0n) is 10.7. The number of rotatable bonds is 4. The molecule has 19 heavy (non-hydrogen) atoms. The summed E-state index contributed by atoms with van der Waals surface area (Å²) in [5, 5.41) is 0.202. The van der Waals surface area contributed by atoms with Gasteiger partial charge < -0.3 is 4.74 Å². The summed E-state index contributed by atoms with van der Waals surface area (Å²) in [6.07, 6.45) is 1.20. The summed E-state index contributed by atoms with van der Waals surface area (Å²) < 4.78 is 43.9. The molecule has 0 radical (unpaired) electrons. The smallest absolute Gasteiger partial charge is 0.387 e. The number of ether oxygens (including phenoxy) is 1. The van der Waals surface area contributed by atoms with Gasteiger partial charge in [0.1, 0.15) is 16.7 Å². The highest BCUT2D eigenvalue weighted by atomic mass is 35.5. The molecule has 1 aromatic carbocycles. The van der Waals surface area contributed by atoms with Gasteiger partial charge >= 0.3 is 6.61 Å². The molecule has 106 valence electrons. The van der Waals surface area contributed by atoms with E-state index in [-0.39, 0.29) is 16.3 Å². The topological polar surface area (TPSA) is 38.7 Å². The van der Waals surface area contributed by atoms with Crippen LogP contribution in [-0.4, -0.2) is 21.8 Å². The molecule has 0 amide bonds. The van der Waals surface area contributed by atoms with Crippen LogP contribution in [0.5, 0.6) is 5.75 Å². The van der Waals surface area contributed by atoms with Crippen molar-refractivity contribution >= 4 is 28.8 Å². The Hall–Kier alpha value is -1.01. The first-order valence-electron chi connectivity index (χ1n) is 5.41. The van der Waals surface area contributed by atoms with Crippen LogP contribution in [0, 0.1) is 0 Å². The molecular weight excluding hydrogens is 296 g/mol. The van der Waals surface area contributed by atoms with E-state index in [1.54, 1.807) is 20.8 Å². The minimum absolute atomic E-state index is 0.0999. The highest BCUT2D eigenvalue weighted by Crippen LogP contribution is 2.26. The van der Waals surface area contributed by atoms with Gasteiger partial charge in [0.25, 0.3) is 0 Å². The number of benzene rings is 1. The molecule has 1 rings (SSSR count). The molecule has 1 unspecified atom stereocenters. The first kappa shape index (κ1) is 16.0. The summed E-state index contributed by atoms with van der Waals surface area (Å²) in [6.45, 7) is 2.30. The summed E-state index contributed by atoms with van der Waals surface area (Å²) >= 11 is 5.90. The van der Waals surface area contributed by atoms with Crippen molar-refractivity contribution in [1.82, 2.24) is 0 Å². The molecule has 1 aromatic rings. The van der Waals surface area contributed by atoms with Crippen LogP contribution in [0.25, 0.3) is 0 Å². The number of nitrogens with zero attached hydrogens (tertiary/aromatic N) is 1. The Labute approximate surface area is 118 Å². The molecule has 0 heterocycles. The Morgan fingerprint density at radius 2 is 2.05 bits per heavy atom. The van der Waals surface area contributed by atoms with Crippen molar-refractivity contribution in [2.24, 2.45) is 4.40 Å². The van der Waals surface area contributed by atoms with Gasteiger partial charge in [-0.1, -0.05) is 17.7 Å². The molecule has 1 atom stereocenters. The Bertz CT molecular complexity index is 501. The second-order valence-corrected chi connectivity index (χ2v) is 6.97. The lowest BCUT2D eigenvalue weighted by Gasteiger charge is -2.13. The lowest BCUT2D eigenvalue weighted by Crippen LogP contribution is -2.19. The number of hydrogen-bond acceptors (Lipinski definition) is 2. The zero-order valence-corrected chi connectivity index (χ0v) is 12.3. The van der Waals surface area contributed by atoms with Crippen LogP contribution in [0.4, 0.5) is 8.78 Å². The number of hydrogen-bond donors (Lipinski definition) is 0. The maximum Gasteiger partial charge on any atom is 0.387 e. The first-order valence-corrected chi connectivity index (χ1v) is 6.89. The minimum Gasteiger partial charge on any atom is -0.434 e. The Balaban J connectivity index is 3.06. The molecular formula is C12H14ClF2NO2S. The van der Waals surface area contributed by atoms with Crippen LogP contribution in [0.2, 0.25) is 5.02 Å². The van der Waals surface area contributed by atoms with Gasteiger partial charge in [-0.3, -0.25) is 0 Å². The summed E-state index contributed by atoms with van der Waals surface area (Å²) in [7, 11) is -1.50. The molecule has 0 saturated heterocycles. The van der Waals surface area contributed by atoms with Crippen molar-refractivity contribution in [2.75, 3.05) is 0 Å². The van der Waals surface area contributed by atoms with Crippen molar-refractivity contribution in [3.8, 4) is 5.75 Å². The molecule has 0 saturated carbocycles. The van der Waals surface area contributed by atoms with Gasteiger partial charge in [-0.2, -0.15) is 13.2 Å². The van der Waals surface area contributed by atoms with Gasteiger partial charge in [0.15, 0.2) is 0 Å². The molecule has 0 aliphatic carbocycles. The second kappa shape index (κ2) is 6.43. The maximum atomic E-state index is 12.3. The van der Waals surface area contributed by atoms with Crippen LogP contribution in [0.3, 0.4) is 0 Å². The summed E-state index contributed by atoms with van der Waals surface area (Å²) in [4.78, 5) is 0. The quantitative estimate of drug-likeness (QED) is 0.793. The normalized spacial score (nSPS) is 14.1. The average Bonchev–Trinajstić information content (AvgIpc) is 2.25. The minimum atomic E-state index is -2.96. The fraction of sp³-hybridized carbons (Fsp3) is 0.417. The first-order chi connectivity index (χ1) is 8.71. The predicted octanol–water partition coefficient (Wildman–Crippen LogP) is 3.82. The van der Waals surface area contributed by atoms with Crippen molar-refractivity contribution in [3.63, 3.8) is 0 Å². The van der Waals surface area contributed by atoms with Crippen molar-refractivity contribution < 1.29 is 17.7 Å². The monoisotopic (exact) mass is 309 g/mol. The Morgan fingerprint density at radius 1 is 1.42 bits per heavy atom. The number of halogens is 3. The van der Waals surface area contributed by atoms with E-state index in [1.165, 1.54) is 24.4 Å². The Kier molecular flexibility index (Phi) is 5.43. The third-order valence-electron chi connectivity index (χ3n) is 2.03. The largest absolute Gasteiger partial charge is 0.434 e. The summed E-state index contributed by atoms with van der Waals surface area (Å²) in [5.74, 6) is -0.0999. The van der Waals surface area contributed by atoms with E-state index in [2.05, 4.69) is 9.13 Å². The molecule has 3 nitrogen and oxygen atoms in total. The van der Waals surface area contributed by atoms with Gasteiger partial charge in [0.2, 0.25) is 0 Å². The third kappa shape index (κ3) is 4.87. The Morgan fingerprint density at radius 3 is 2.58 bits per heavy atom. The molecule has 7 heteroatoms. The number of alkyl halides is 2. The molecule has 0 aromatic heterocycles.